The average Bonchev–Trinajstić information content (AvgIpc) is 3.03. The Labute approximate surface area is 146 Å². The molecule has 0 aromatic heterocycles. The van der Waals surface area contributed by atoms with Crippen molar-refractivity contribution in [3.8, 4) is 0 Å². The molecular weight excluding hydrogens is 292 g/mol. The predicted molar refractivity (Wildman–Crippen MR) is 103 cm³/mol. The number of hydrogen-bond acceptors (Lipinski definition) is 2. The zero-order chi connectivity index (χ0) is 16.6. The van der Waals surface area contributed by atoms with E-state index in [9.17, 15) is 0 Å². The highest BCUT2D eigenvalue weighted by Crippen LogP contribution is 2.27. The largest absolute Gasteiger partial charge is 0.355 e. The molecule has 2 heteroatoms. The van der Waals surface area contributed by atoms with Crippen LogP contribution in [0.4, 0.5) is 5.69 Å². The number of para-hydroxylation sites is 1. The van der Waals surface area contributed by atoms with Crippen LogP contribution in [0.15, 0.2) is 73.1 Å². The minimum absolute atomic E-state index is 0.372. The fourth-order valence-electron chi connectivity index (χ4n) is 3.36. The summed E-state index contributed by atoms with van der Waals surface area (Å²) < 4.78 is 0. The lowest BCUT2D eigenvalue weighted by Crippen LogP contribution is -2.40. The lowest BCUT2D eigenvalue weighted by molar-refractivity contribution is 0.291. The van der Waals surface area contributed by atoms with E-state index >= 15 is 0 Å². The second kappa shape index (κ2) is 8.58. The first-order chi connectivity index (χ1) is 11.9. The Morgan fingerprint density at radius 1 is 0.792 bits per heavy atom. The molecule has 0 fully saturated rings. The number of rotatable bonds is 8. The molecule has 1 unspecified atom stereocenters. The van der Waals surface area contributed by atoms with Crippen molar-refractivity contribution < 1.29 is 0 Å². The zero-order valence-corrected chi connectivity index (χ0v) is 14.6. The number of hydrogen-bond donors (Lipinski definition) is 0. The lowest BCUT2D eigenvalue weighted by atomic mass is 10.1. The van der Waals surface area contributed by atoms with Gasteiger partial charge in [-0.1, -0.05) is 74.7 Å². The maximum absolute atomic E-state index is 2.51. The van der Waals surface area contributed by atoms with Gasteiger partial charge in [0.05, 0.1) is 0 Å². The van der Waals surface area contributed by atoms with Gasteiger partial charge in [0.15, 0.2) is 0 Å². The Hall–Kier alpha value is -2.22. The summed E-state index contributed by atoms with van der Waals surface area (Å²) in [6.45, 7) is 3.41. The van der Waals surface area contributed by atoms with E-state index in [-0.39, 0.29) is 0 Å². The molecule has 24 heavy (non-hydrogen) atoms. The maximum atomic E-state index is 2.51. The fraction of sp³-hybridized carbons (Fsp3) is 0.364. The molecule has 1 heterocycles. The van der Waals surface area contributed by atoms with Gasteiger partial charge in [-0.15, -0.1) is 0 Å². The molecule has 0 saturated heterocycles. The molecule has 2 aromatic rings. The van der Waals surface area contributed by atoms with Crippen LogP contribution in [0.2, 0.25) is 0 Å². The van der Waals surface area contributed by atoms with E-state index in [2.05, 4.69) is 89.8 Å². The summed E-state index contributed by atoms with van der Waals surface area (Å²) in [6, 6.07) is 21.5. The molecule has 126 valence electrons. The molecule has 2 nitrogen and oxygen atoms in total. The monoisotopic (exact) mass is 320 g/mol. The molecule has 0 spiro atoms. The lowest BCUT2D eigenvalue weighted by Gasteiger charge is -2.33. The van der Waals surface area contributed by atoms with Crippen LogP contribution in [0, 0.1) is 0 Å². The van der Waals surface area contributed by atoms with E-state index in [1.807, 2.05) is 0 Å². The molecule has 0 radical (unpaired) electrons. The van der Waals surface area contributed by atoms with E-state index in [0.717, 1.165) is 13.0 Å². The SMILES string of the molecule is CCCCCCN1C=CN(c2ccccc2)C1Cc1ccccc1. The first-order valence-corrected chi connectivity index (χ1v) is 9.20. The first-order valence-electron chi connectivity index (χ1n) is 9.20. The van der Waals surface area contributed by atoms with Crippen LogP contribution < -0.4 is 4.90 Å². The number of anilines is 1. The average molecular weight is 320 g/mol. The highest BCUT2D eigenvalue weighted by molar-refractivity contribution is 5.51. The second-order valence-electron chi connectivity index (χ2n) is 6.51. The number of unbranched alkanes of at least 4 members (excludes halogenated alkanes) is 3. The summed E-state index contributed by atoms with van der Waals surface area (Å²) in [5, 5.41) is 0. The molecule has 1 aliphatic rings. The third-order valence-corrected chi connectivity index (χ3v) is 4.71. The Bertz CT molecular complexity index is 621. The molecule has 0 bridgehead atoms. The van der Waals surface area contributed by atoms with Gasteiger partial charge in [0.25, 0.3) is 0 Å². The van der Waals surface area contributed by atoms with Crippen molar-refractivity contribution >= 4 is 5.69 Å². The Morgan fingerprint density at radius 3 is 2.21 bits per heavy atom. The fourth-order valence-corrected chi connectivity index (χ4v) is 3.36. The molecule has 3 rings (SSSR count). The van der Waals surface area contributed by atoms with Crippen LogP contribution >= 0.6 is 0 Å². The smallest absolute Gasteiger partial charge is 0.109 e. The van der Waals surface area contributed by atoms with Crippen LogP contribution in [0.25, 0.3) is 0 Å². The molecule has 0 amide bonds. The summed E-state index contributed by atoms with van der Waals surface area (Å²) >= 11 is 0. The standard InChI is InChI=1S/C22H28N2/c1-2-3-4-11-16-23-17-18-24(21-14-9-6-10-15-21)22(23)19-20-12-7-5-8-13-20/h5-10,12-15,17-18,22H,2-4,11,16,19H2,1H3. The second-order valence-corrected chi connectivity index (χ2v) is 6.51. The van der Waals surface area contributed by atoms with Gasteiger partial charge in [-0.2, -0.15) is 0 Å². The molecule has 0 N–H and O–H groups in total. The van der Waals surface area contributed by atoms with Crippen molar-refractivity contribution in [3.63, 3.8) is 0 Å². The molecule has 0 aliphatic carbocycles. The van der Waals surface area contributed by atoms with Crippen LogP contribution in [-0.4, -0.2) is 17.6 Å². The van der Waals surface area contributed by atoms with Gasteiger partial charge in [0.1, 0.15) is 6.17 Å². The van der Waals surface area contributed by atoms with Crippen molar-refractivity contribution in [2.24, 2.45) is 0 Å². The topological polar surface area (TPSA) is 6.48 Å². The summed E-state index contributed by atoms with van der Waals surface area (Å²) in [4.78, 5) is 4.92. The molecule has 1 aliphatic heterocycles. The summed E-state index contributed by atoms with van der Waals surface area (Å²) in [5.41, 5.74) is 2.66. The Morgan fingerprint density at radius 2 is 1.50 bits per heavy atom. The number of benzene rings is 2. The number of nitrogens with zero attached hydrogens (tertiary/aromatic N) is 2. The maximum Gasteiger partial charge on any atom is 0.109 e. The molecule has 0 saturated carbocycles. The van der Waals surface area contributed by atoms with Gasteiger partial charge in [-0.3, -0.25) is 0 Å². The van der Waals surface area contributed by atoms with Crippen LogP contribution in [0.5, 0.6) is 0 Å². The van der Waals surface area contributed by atoms with Gasteiger partial charge in [0, 0.05) is 31.1 Å². The van der Waals surface area contributed by atoms with Crippen molar-refractivity contribution in [3.05, 3.63) is 78.6 Å². The molecule has 1 atom stereocenters. The van der Waals surface area contributed by atoms with Crippen molar-refractivity contribution in [1.29, 1.82) is 0 Å². The summed E-state index contributed by atoms with van der Waals surface area (Å²) in [7, 11) is 0. The summed E-state index contributed by atoms with van der Waals surface area (Å²) in [6.07, 6.45) is 11.1. The first kappa shape index (κ1) is 16.6. The van der Waals surface area contributed by atoms with Crippen LogP contribution in [0.1, 0.15) is 38.2 Å². The molecule has 2 aromatic carbocycles. The zero-order valence-electron chi connectivity index (χ0n) is 14.6. The van der Waals surface area contributed by atoms with Crippen molar-refractivity contribution in [2.75, 3.05) is 11.4 Å². The van der Waals surface area contributed by atoms with Gasteiger partial charge < -0.3 is 9.80 Å². The van der Waals surface area contributed by atoms with Gasteiger partial charge in [0.2, 0.25) is 0 Å². The minimum atomic E-state index is 0.372. The van der Waals surface area contributed by atoms with E-state index in [1.165, 1.54) is 36.9 Å². The van der Waals surface area contributed by atoms with E-state index in [4.69, 9.17) is 0 Å². The highest BCUT2D eigenvalue weighted by atomic mass is 15.4. The van der Waals surface area contributed by atoms with E-state index in [1.54, 1.807) is 0 Å². The Balaban J connectivity index is 1.72. The van der Waals surface area contributed by atoms with E-state index < -0.39 is 0 Å². The normalized spacial score (nSPS) is 16.8. The van der Waals surface area contributed by atoms with Gasteiger partial charge in [-0.25, -0.2) is 0 Å². The van der Waals surface area contributed by atoms with E-state index in [0.29, 0.717) is 6.17 Å². The van der Waals surface area contributed by atoms with Crippen LogP contribution in [-0.2, 0) is 6.42 Å². The predicted octanol–water partition coefficient (Wildman–Crippen LogP) is 5.43. The minimum Gasteiger partial charge on any atom is -0.355 e. The third-order valence-electron chi connectivity index (χ3n) is 4.71. The Kier molecular flexibility index (Phi) is 5.95. The van der Waals surface area contributed by atoms with Gasteiger partial charge in [-0.05, 0) is 24.1 Å². The van der Waals surface area contributed by atoms with Crippen molar-refractivity contribution in [2.45, 2.75) is 45.2 Å². The van der Waals surface area contributed by atoms with Crippen LogP contribution in [0.3, 0.4) is 0 Å². The quantitative estimate of drug-likeness (QED) is 0.598. The summed E-state index contributed by atoms with van der Waals surface area (Å²) in [5.74, 6) is 0. The van der Waals surface area contributed by atoms with Crippen molar-refractivity contribution in [1.82, 2.24) is 4.90 Å². The highest BCUT2D eigenvalue weighted by Gasteiger charge is 2.27. The third kappa shape index (κ3) is 4.19. The van der Waals surface area contributed by atoms with Gasteiger partial charge >= 0.3 is 0 Å². The molecular formula is C22H28N2.